The van der Waals surface area contributed by atoms with Gasteiger partial charge in [-0.15, -0.1) is 0 Å². The fourth-order valence-electron chi connectivity index (χ4n) is 3.35. The number of nitrogens with zero attached hydrogens (tertiary/aromatic N) is 3. The van der Waals surface area contributed by atoms with Gasteiger partial charge in [-0.05, 0) is 30.7 Å². The number of para-hydroxylation sites is 1. The number of amides is 1. The average Bonchev–Trinajstić information content (AvgIpc) is 2.74. The minimum atomic E-state index is 0.0617. The Hall–Kier alpha value is -2.60. The molecule has 6 nitrogen and oxygen atoms in total. The molecular weight excluding hydrogens is 340 g/mol. The molecule has 0 atom stereocenters. The lowest BCUT2D eigenvalue weighted by Gasteiger charge is -2.34. The van der Waals surface area contributed by atoms with Crippen LogP contribution in [0.5, 0.6) is 5.75 Å². The fourth-order valence-corrected chi connectivity index (χ4v) is 3.35. The Morgan fingerprint density at radius 3 is 2.70 bits per heavy atom. The molecule has 1 aliphatic rings. The summed E-state index contributed by atoms with van der Waals surface area (Å²) in [6.45, 7) is 7.36. The maximum Gasteiger partial charge on any atom is 0.255 e. The third kappa shape index (κ3) is 4.98. The molecule has 0 unspecified atom stereocenters. The number of piperazine rings is 1. The average molecular weight is 368 g/mol. The molecule has 0 spiro atoms. The zero-order valence-electron chi connectivity index (χ0n) is 16.1. The Labute approximate surface area is 161 Å². The second kappa shape index (κ2) is 9.37. The fraction of sp³-hybridized carbons (Fsp3) is 0.429. The molecule has 1 aromatic heterocycles. The van der Waals surface area contributed by atoms with E-state index in [-0.39, 0.29) is 5.91 Å². The molecule has 144 valence electrons. The topological polar surface area (TPSA) is 57.7 Å². The molecule has 1 aromatic carbocycles. The van der Waals surface area contributed by atoms with Crippen LogP contribution in [0.4, 0.5) is 5.69 Å². The molecule has 0 bridgehead atoms. The second-order valence-corrected chi connectivity index (χ2v) is 6.68. The van der Waals surface area contributed by atoms with E-state index in [0.717, 1.165) is 62.7 Å². The number of carbonyl (C=O) groups excluding carboxylic acids is 1. The van der Waals surface area contributed by atoms with Crippen molar-refractivity contribution in [2.45, 2.75) is 13.3 Å². The number of carbonyl (C=O) groups is 1. The maximum atomic E-state index is 12.7. The summed E-state index contributed by atoms with van der Waals surface area (Å²) in [5.74, 6) is 0.958. The molecule has 3 rings (SSSR count). The predicted molar refractivity (Wildman–Crippen MR) is 107 cm³/mol. The number of anilines is 1. The largest absolute Gasteiger partial charge is 0.496 e. The minimum Gasteiger partial charge on any atom is -0.496 e. The molecule has 1 saturated heterocycles. The Kier molecular flexibility index (Phi) is 6.65. The van der Waals surface area contributed by atoms with Crippen LogP contribution in [0.3, 0.4) is 0 Å². The van der Waals surface area contributed by atoms with Gasteiger partial charge in [-0.2, -0.15) is 0 Å². The number of benzene rings is 1. The standard InChI is InChI=1S/C21H28N4O2/c1-3-24-10-12-25(13-11-24)21(26)18-14-19(16-22-15-18)23-9-8-17-6-4-5-7-20(17)27-2/h4-7,14-16,23H,3,8-13H2,1-2H3. The summed E-state index contributed by atoms with van der Waals surface area (Å²) >= 11 is 0. The number of ether oxygens (including phenoxy) is 1. The van der Waals surface area contributed by atoms with E-state index >= 15 is 0 Å². The maximum absolute atomic E-state index is 12.7. The van der Waals surface area contributed by atoms with E-state index in [9.17, 15) is 4.79 Å². The number of rotatable bonds is 7. The minimum absolute atomic E-state index is 0.0617. The summed E-state index contributed by atoms with van der Waals surface area (Å²) in [5.41, 5.74) is 2.66. The first-order valence-electron chi connectivity index (χ1n) is 9.53. The third-order valence-corrected chi connectivity index (χ3v) is 5.01. The smallest absolute Gasteiger partial charge is 0.255 e. The van der Waals surface area contributed by atoms with Crippen LogP contribution in [0.2, 0.25) is 0 Å². The summed E-state index contributed by atoms with van der Waals surface area (Å²) in [7, 11) is 1.69. The molecule has 0 saturated carbocycles. The number of aromatic nitrogens is 1. The van der Waals surface area contributed by atoms with Gasteiger partial charge in [-0.3, -0.25) is 9.78 Å². The Morgan fingerprint density at radius 2 is 1.96 bits per heavy atom. The molecule has 1 N–H and O–H groups in total. The van der Waals surface area contributed by atoms with Crippen LogP contribution >= 0.6 is 0 Å². The van der Waals surface area contributed by atoms with Gasteiger partial charge in [-0.25, -0.2) is 0 Å². The van der Waals surface area contributed by atoms with Crippen molar-refractivity contribution in [2.24, 2.45) is 0 Å². The lowest BCUT2D eigenvalue weighted by molar-refractivity contribution is 0.0643. The lowest BCUT2D eigenvalue weighted by atomic mass is 10.1. The van der Waals surface area contributed by atoms with E-state index in [0.29, 0.717) is 5.56 Å². The van der Waals surface area contributed by atoms with Crippen LogP contribution in [0, 0.1) is 0 Å². The molecule has 2 aromatic rings. The van der Waals surface area contributed by atoms with E-state index in [1.165, 1.54) is 0 Å². The number of nitrogens with one attached hydrogen (secondary N) is 1. The highest BCUT2D eigenvalue weighted by Crippen LogP contribution is 2.18. The normalized spacial score (nSPS) is 14.8. The van der Waals surface area contributed by atoms with Crippen molar-refractivity contribution in [2.75, 3.05) is 51.7 Å². The molecule has 0 radical (unpaired) electrons. The van der Waals surface area contributed by atoms with Gasteiger partial charge in [0.2, 0.25) is 0 Å². The molecule has 1 aliphatic heterocycles. The van der Waals surface area contributed by atoms with Crippen LogP contribution in [-0.4, -0.2) is 67.1 Å². The Balaban J connectivity index is 1.56. The Bertz CT molecular complexity index is 757. The van der Waals surface area contributed by atoms with Crippen molar-refractivity contribution in [1.82, 2.24) is 14.8 Å². The summed E-state index contributed by atoms with van der Waals surface area (Å²) in [6, 6.07) is 9.90. The number of likely N-dealkylation sites (N-methyl/N-ethyl adjacent to an activating group) is 1. The van der Waals surface area contributed by atoms with Crippen LogP contribution in [0.1, 0.15) is 22.8 Å². The lowest BCUT2D eigenvalue weighted by Crippen LogP contribution is -2.48. The van der Waals surface area contributed by atoms with Crippen LogP contribution < -0.4 is 10.1 Å². The van der Waals surface area contributed by atoms with Gasteiger partial charge in [0.25, 0.3) is 5.91 Å². The number of methoxy groups -OCH3 is 1. The van der Waals surface area contributed by atoms with Crippen molar-refractivity contribution in [1.29, 1.82) is 0 Å². The van der Waals surface area contributed by atoms with Gasteiger partial charge in [0.05, 0.1) is 18.4 Å². The van der Waals surface area contributed by atoms with Gasteiger partial charge in [0.1, 0.15) is 5.75 Å². The quantitative estimate of drug-likeness (QED) is 0.814. The van der Waals surface area contributed by atoms with Crippen LogP contribution in [0.25, 0.3) is 0 Å². The molecule has 27 heavy (non-hydrogen) atoms. The van der Waals surface area contributed by atoms with Gasteiger partial charge >= 0.3 is 0 Å². The molecular formula is C21H28N4O2. The summed E-state index contributed by atoms with van der Waals surface area (Å²) in [6.07, 6.45) is 4.25. The van der Waals surface area contributed by atoms with Crippen LogP contribution in [0.15, 0.2) is 42.7 Å². The zero-order chi connectivity index (χ0) is 19.1. The molecule has 6 heteroatoms. The first kappa shape index (κ1) is 19.2. The summed E-state index contributed by atoms with van der Waals surface area (Å²) in [4.78, 5) is 21.3. The van der Waals surface area contributed by atoms with Gasteiger partial charge in [-0.1, -0.05) is 25.1 Å². The zero-order valence-corrected chi connectivity index (χ0v) is 16.1. The van der Waals surface area contributed by atoms with Crippen LogP contribution in [-0.2, 0) is 6.42 Å². The third-order valence-electron chi connectivity index (χ3n) is 5.01. The van der Waals surface area contributed by atoms with Crippen molar-refractivity contribution in [3.05, 3.63) is 53.9 Å². The van der Waals surface area contributed by atoms with Gasteiger partial charge < -0.3 is 19.9 Å². The van der Waals surface area contributed by atoms with E-state index in [4.69, 9.17) is 4.74 Å². The van der Waals surface area contributed by atoms with E-state index in [2.05, 4.69) is 28.2 Å². The number of hydrogen-bond donors (Lipinski definition) is 1. The molecule has 1 fully saturated rings. The molecule has 2 heterocycles. The summed E-state index contributed by atoms with van der Waals surface area (Å²) < 4.78 is 5.39. The highest BCUT2D eigenvalue weighted by Gasteiger charge is 2.21. The predicted octanol–water partition coefficient (Wildman–Crippen LogP) is 2.52. The Morgan fingerprint density at radius 1 is 1.19 bits per heavy atom. The van der Waals surface area contributed by atoms with E-state index in [1.54, 1.807) is 19.5 Å². The monoisotopic (exact) mass is 368 g/mol. The van der Waals surface area contributed by atoms with Gasteiger partial charge in [0, 0.05) is 45.1 Å². The first-order chi connectivity index (χ1) is 13.2. The van der Waals surface area contributed by atoms with Crippen molar-refractivity contribution in [3.63, 3.8) is 0 Å². The SMILES string of the molecule is CCN1CCN(C(=O)c2cncc(NCCc3ccccc3OC)c2)CC1. The van der Waals surface area contributed by atoms with Crippen molar-refractivity contribution < 1.29 is 9.53 Å². The number of pyridine rings is 1. The number of hydrogen-bond acceptors (Lipinski definition) is 5. The molecule has 0 aliphatic carbocycles. The van der Waals surface area contributed by atoms with E-state index in [1.807, 2.05) is 29.2 Å². The van der Waals surface area contributed by atoms with Crippen molar-refractivity contribution in [3.8, 4) is 5.75 Å². The second-order valence-electron chi connectivity index (χ2n) is 6.68. The first-order valence-corrected chi connectivity index (χ1v) is 9.53. The highest BCUT2D eigenvalue weighted by molar-refractivity contribution is 5.94. The highest BCUT2D eigenvalue weighted by atomic mass is 16.5. The molecule has 1 amide bonds. The van der Waals surface area contributed by atoms with Crippen molar-refractivity contribution >= 4 is 11.6 Å². The van der Waals surface area contributed by atoms with E-state index < -0.39 is 0 Å². The van der Waals surface area contributed by atoms with Gasteiger partial charge in [0.15, 0.2) is 0 Å². The summed E-state index contributed by atoms with van der Waals surface area (Å²) in [5, 5.41) is 3.36.